The second-order valence-electron chi connectivity index (χ2n) is 10.5. The van der Waals surface area contributed by atoms with Gasteiger partial charge in [-0.1, -0.05) is 6.07 Å². The predicted octanol–water partition coefficient (Wildman–Crippen LogP) is 2.70. The molecule has 6 rings (SSSR count). The van der Waals surface area contributed by atoms with Crippen molar-refractivity contribution in [3.05, 3.63) is 76.3 Å². The Hall–Kier alpha value is -5.40. The van der Waals surface area contributed by atoms with E-state index < -0.39 is 76.3 Å². The molecule has 0 bridgehead atoms. The van der Waals surface area contributed by atoms with Crippen LogP contribution >= 0.6 is 0 Å². The quantitative estimate of drug-likeness (QED) is 0.153. The molecule has 43 heavy (non-hydrogen) atoms. The Labute approximate surface area is 242 Å². The Morgan fingerprint density at radius 2 is 1.16 bits per heavy atom. The Kier molecular flexibility index (Phi) is 6.36. The zero-order valence-electron chi connectivity index (χ0n) is 21.9. The minimum absolute atomic E-state index is 0.0288. The van der Waals surface area contributed by atoms with E-state index in [1.54, 1.807) is 0 Å². The fraction of sp³-hybridized carbons (Fsp3) is 0.200. The van der Waals surface area contributed by atoms with Gasteiger partial charge in [0.1, 0.15) is 40.6 Å². The van der Waals surface area contributed by atoms with Crippen molar-refractivity contribution in [3.8, 4) is 63.2 Å². The van der Waals surface area contributed by atoms with Crippen LogP contribution in [0.4, 0.5) is 0 Å². The third-order valence-electron chi connectivity index (χ3n) is 7.78. The molecule has 0 fully saturated rings. The summed E-state index contributed by atoms with van der Waals surface area (Å²) in [6.45, 7) is 0. The first kappa shape index (κ1) is 27.8. The summed E-state index contributed by atoms with van der Waals surface area (Å²) < 4.78 is 11.7. The third kappa shape index (κ3) is 4.42. The number of phenols is 9. The smallest absolute Gasteiger partial charge is 0.200 e. The second kappa shape index (κ2) is 9.86. The summed E-state index contributed by atoms with van der Waals surface area (Å²) in [7, 11) is 0. The maximum absolute atomic E-state index is 11.6. The first-order chi connectivity index (χ1) is 20.3. The van der Waals surface area contributed by atoms with Crippen LogP contribution in [0.3, 0.4) is 0 Å². The van der Waals surface area contributed by atoms with Crippen LogP contribution in [-0.4, -0.2) is 68.4 Å². The van der Waals surface area contributed by atoms with Crippen LogP contribution in [0.2, 0.25) is 0 Å². The van der Waals surface area contributed by atoms with Crippen molar-refractivity contribution >= 4 is 0 Å². The highest BCUT2D eigenvalue weighted by Gasteiger charge is 2.45. The lowest BCUT2D eigenvalue weighted by atomic mass is 9.77. The van der Waals surface area contributed by atoms with Gasteiger partial charge in [-0.25, -0.2) is 0 Å². The van der Waals surface area contributed by atoms with Gasteiger partial charge in [-0.15, -0.1) is 0 Å². The number of hydrogen-bond donors (Lipinski definition) is 11. The van der Waals surface area contributed by atoms with E-state index in [2.05, 4.69) is 0 Å². The highest BCUT2D eigenvalue weighted by Crippen LogP contribution is 2.56. The number of fused-ring (bicyclic) bond motifs is 2. The van der Waals surface area contributed by atoms with Gasteiger partial charge >= 0.3 is 0 Å². The molecule has 0 aromatic heterocycles. The number of phenolic OH excluding ortho intramolecular Hbond substituents is 9. The SMILES string of the molecule is Oc1cc(O)c2c(c1)O[C@H](c1ccc(O)c(O)c1)[C@@H](O)[C@@H]2c1c(O)cc2c(c1O)C[C@H](O)[C@@H](c1cc(O)c(O)c(O)c1)O2. The van der Waals surface area contributed by atoms with Gasteiger partial charge in [-0.3, -0.25) is 0 Å². The average molecular weight is 595 g/mol. The van der Waals surface area contributed by atoms with Crippen LogP contribution in [0.25, 0.3) is 0 Å². The van der Waals surface area contributed by atoms with Gasteiger partial charge in [0, 0.05) is 46.9 Å². The lowest BCUT2D eigenvalue weighted by Crippen LogP contribution is -2.35. The molecule has 4 aromatic carbocycles. The van der Waals surface area contributed by atoms with Crippen molar-refractivity contribution in [2.24, 2.45) is 0 Å². The molecule has 0 amide bonds. The zero-order valence-corrected chi connectivity index (χ0v) is 21.9. The van der Waals surface area contributed by atoms with Crippen LogP contribution < -0.4 is 9.47 Å². The lowest BCUT2D eigenvalue weighted by molar-refractivity contribution is 0.00572. The zero-order chi connectivity index (χ0) is 30.9. The topological polar surface area (TPSA) is 241 Å². The molecule has 11 N–H and O–H groups in total. The molecule has 0 saturated heterocycles. The molecule has 0 spiro atoms. The molecule has 0 radical (unpaired) electrons. The summed E-state index contributed by atoms with van der Waals surface area (Å²) in [5, 5.41) is 115. The van der Waals surface area contributed by atoms with Crippen LogP contribution in [-0.2, 0) is 6.42 Å². The normalized spacial score (nSPS) is 22.6. The molecule has 224 valence electrons. The van der Waals surface area contributed by atoms with Crippen molar-refractivity contribution in [2.75, 3.05) is 0 Å². The van der Waals surface area contributed by atoms with Gasteiger partial charge in [-0.2, -0.15) is 0 Å². The molecule has 2 aliphatic heterocycles. The number of aliphatic hydroxyl groups excluding tert-OH is 2. The first-order valence-electron chi connectivity index (χ1n) is 12.9. The summed E-state index contributed by atoms with van der Waals surface area (Å²) in [6, 6.07) is 9.11. The van der Waals surface area contributed by atoms with Crippen LogP contribution in [0.5, 0.6) is 63.2 Å². The number of aromatic hydroxyl groups is 9. The Morgan fingerprint density at radius 1 is 0.535 bits per heavy atom. The van der Waals surface area contributed by atoms with E-state index in [4.69, 9.17) is 9.47 Å². The second-order valence-corrected chi connectivity index (χ2v) is 10.5. The molecule has 13 heteroatoms. The van der Waals surface area contributed by atoms with E-state index in [0.717, 1.165) is 36.4 Å². The predicted molar refractivity (Wildman–Crippen MR) is 145 cm³/mol. The molecule has 5 atom stereocenters. The minimum atomic E-state index is -1.63. The van der Waals surface area contributed by atoms with Crippen LogP contribution in [0.15, 0.2) is 48.5 Å². The van der Waals surface area contributed by atoms with E-state index in [1.807, 2.05) is 0 Å². The van der Waals surface area contributed by atoms with Gasteiger partial charge in [0.15, 0.2) is 41.0 Å². The molecule has 0 saturated carbocycles. The third-order valence-corrected chi connectivity index (χ3v) is 7.78. The first-order valence-corrected chi connectivity index (χ1v) is 12.9. The van der Waals surface area contributed by atoms with E-state index >= 15 is 0 Å². The summed E-state index contributed by atoms with van der Waals surface area (Å²) in [4.78, 5) is 0. The summed E-state index contributed by atoms with van der Waals surface area (Å²) >= 11 is 0. The summed E-state index contributed by atoms with van der Waals surface area (Å²) in [6.07, 6.45) is -5.73. The Bertz CT molecular complexity index is 1750. The Balaban J connectivity index is 1.47. The molecule has 0 aliphatic carbocycles. The molecule has 13 nitrogen and oxygen atoms in total. The average Bonchev–Trinajstić information content (AvgIpc) is 2.94. The number of hydrogen-bond acceptors (Lipinski definition) is 13. The fourth-order valence-corrected chi connectivity index (χ4v) is 5.77. The van der Waals surface area contributed by atoms with Crippen LogP contribution in [0, 0.1) is 0 Å². The van der Waals surface area contributed by atoms with E-state index in [1.165, 1.54) is 12.1 Å². The molecular formula is C30H26O13. The van der Waals surface area contributed by atoms with Gasteiger partial charge in [0.05, 0.1) is 12.0 Å². The van der Waals surface area contributed by atoms with Crippen molar-refractivity contribution in [2.45, 2.75) is 36.8 Å². The van der Waals surface area contributed by atoms with Crippen molar-refractivity contribution < 1.29 is 65.6 Å². The number of ether oxygens (including phenoxy) is 2. The van der Waals surface area contributed by atoms with Crippen LogP contribution in [0.1, 0.15) is 45.9 Å². The standard InChI is InChI=1S/C30H26O13/c31-12-6-16(34)23-22(7-12)43-30(10-1-2-14(32)15(33)3-10)28(41)25(23)24-17(35)9-21-13(26(24)39)8-20(38)29(42-21)11-4-18(36)27(40)19(37)5-11/h1-7,9,20,25,28-41H,8H2/t20-,25-,28-,29+,30+/m0/s1. The highest BCUT2D eigenvalue weighted by atomic mass is 16.5. The maximum Gasteiger partial charge on any atom is 0.200 e. The number of aliphatic hydroxyl groups is 2. The number of benzene rings is 4. The molecule has 0 unspecified atom stereocenters. The Morgan fingerprint density at radius 3 is 1.84 bits per heavy atom. The minimum Gasteiger partial charge on any atom is -0.508 e. The highest BCUT2D eigenvalue weighted by molar-refractivity contribution is 5.65. The van der Waals surface area contributed by atoms with E-state index in [-0.39, 0.29) is 51.5 Å². The monoisotopic (exact) mass is 594 g/mol. The molecule has 2 aliphatic rings. The van der Waals surface area contributed by atoms with Gasteiger partial charge < -0.3 is 65.6 Å². The fourth-order valence-electron chi connectivity index (χ4n) is 5.77. The van der Waals surface area contributed by atoms with E-state index in [9.17, 15) is 56.2 Å². The largest absolute Gasteiger partial charge is 0.508 e. The van der Waals surface area contributed by atoms with Crippen molar-refractivity contribution in [3.63, 3.8) is 0 Å². The van der Waals surface area contributed by atoms with Gasteiger partial charge in [-0.05, 0) is 29.8 Å². The van der Waals surface area contributed by atoms with Gasteiger partial charge in [0.25, 0.3) is 0 Å². The summed E-state index contributed by atoms with van der Waals surface area (Å²) in [5.41, 5.74) is -0.0481. The maximum atomic E-state index is 11.6. The molecular weight excluding hydrogens is 568 g/mol. The van der Waals surface area contributed by atoms with Gasteiger partial charge in [0.2, 0.25) is 0 Å². The number of rotatable bonds is 3. The van der Waals surface area contributed by atoms with E-state index in [0.29, 0.717) is 0 Å². The summed E-state index contributed by atoms with van der Waals surface area (Å²) in [5.74, 6) is -6.66. The lowest BCUT2D eigenvalue weighted by Gasteiger charge is -2.39. The van der Waals surface area contributed by atoms with Crippen molar-refractivity contribution in [1.82, 2.24) is 0 Å². The molecule has 4 aromatic rings. The molecule has 2 heterocycles. The van der Waals surface area contributed by atoms with Crippen molar-refractivity contribution in [1.29, 1.82) is 0 Å².